The van der Waals surface area contributed by atoms with Crippen molar-refractivity contribution < 1.29 is 14.3 Å². The third-order valence-corrected chi connectivity index (χ3v) is 2.65. The molecule has 0 amide bonds. The largest absolute Gasteiger partial charge is 0.469 e. The Morgan fingerprint density at radius 3 is 2.58 bits per heavy atom. The van der Waals surface area contributed by atoms with Crippen LogP contribution in [-0.2, 0) is 14.3 Å². The van der Waals surface area contributed by atoms with Crippen molar-refractivity contribution in [2.75, 3.05) is 7.11 Å². The zero-order valence-corrected chi connectivity index (χ0v) is 7.45. The molecule has 1 aliphatic rings. The van der Waals surface area contributed by atoms with Gasteiger partial charge in [-0.2, -0.15) is 0 Å². The molecule has 0 aromatic heterocycles. The van der Waals surface area contributed by atoms with Crippen molar-refractivity contribution in [1.29, 1.82) is 0 Å². The van der Waals surface area contributed by atoms with Crippen molar-refractivity contribution in [3.8, 4) is 0 Å². The summed E-state index contributed by atoms with van der Waals surface area (Å²) in [6.07, 6.45) is 2.40. The van der Waals surface area contributed by atoms with Gasteiger partial charge in [0.05, 0.1) is 13.0 Å². The number of hydrogen-bond acceptors (Lipinski definition) is 3. The van der Waals surface area contributed by atoms with Crippen LogP contribution in [0.25, 0.3) is 0 Å². The molecule has 1 rings (SSSR count). The monoisotopic (exact) mass is 170 g/mol. The fraction of sp³-hybridized carbons (Fsp3) is 0.778. The van der Waals surface area contributed by atoms with E-state index in [4.69, 9.17) is 0 Å². The fourth-order valence-corrected chi connectivity index (χ4v) is 1.83. The number of hydrogen-bond donors (Lipinski definition) is 0. The second kappa shape index (κ2) is 3.70. The lowest BCUT2D eigenvalue weighted by atomic mass is 10.0. The maximum Gasteiger partial charge on any atom is 0.308 e. The number of carbonyl (C=O) groups excluding carboxylic acids is 2. The third kappa shape index (κ3) is 1.65. The minimum absolute atomic E-state index is 0.0501. The predicted octanol–water partition coefficient (Wildman–Crippen LogP) is 1.02. The highest BCUT2D eigenvalue weighted by molar-refractivity contribution is 5.73. The van der Waals surface area contributed by atoms with E-state index < -0.39 is 0 Å². The van der Waals surface area contributed by atoms with Crippen LogP contribution < -0.4 is 0 Å². The summed E-state index contributed by atoms with van der Waals surface area (Å²) in [4.78, 5) is 21.6. The molecule has 3 atom stereocenters. The number of carbonyl (C=O) groups is 2. The molecule has 3 unspecified atom stereocenters. The predicted molar refractivity (Wildman–Crippen MR) is 43.5 cm³/mol. The highest BCUT2D eigenvalue weighted by Crippen LogP contribution is 2.35. The Bertz CT molecular complexity index is 188. The number of ether oxygens (including phenoxy) is 1. The van der Waals surface area contributed by atoms with E-state index >= 15 is 0 Å². The first-order chi connectivity index (χ1) is 5.69. The first kappa shape index (κ1) is 9.23. The highest BCUT2D eigenvalue weighted by atomic mass is 16.5. The molecule has 3 heteroatoms. The second-order valence-corrected chi connectivity index (χ2v) is 3.47. The lowest BCUT2D eigenvalue weighted by molar-refractivity contribution is -0.145. The van der Waals surface area contributed by atoms with Crippen LogP contribution in [0.15, 0.2) is 0 Å². The molecular formula is C9H14O3. The molecule has 0 N–H and O–H groups in total. The van der Waals surface area contributed by atoms with Crippen molar-refractivity contribution in [1.82, 2.24) is 0 Å². The molecule has 68 valence electrons. The molecule has 1 fully saturated rings. The number of esters is 1. The zero-order valence-electron chi connectivity index (χ0n) is 7.45. The van der Waals surface area contributed by atoms with E-state index in [0.29, 0.717) is 12.3 Å². The van der Waals surface area contributed by atoms with Crippen LogP contribution in [0, 0.1) is 17.8 Å². The van der Waals surface area contributed by atoms with E-state index in [-0.39, 0.29) is 17.8 Å². The molecule has 0 aromatic carbocycles. The van der Waals surface area contributed by atoms with Crippen molar-refractivity contribution in [2.45, 2.75) is 19.8 Å². The molecule has 0 aromatic rings. The summed E-state index contributed by atoms with van der Waals surface area (Å²) < 4.78 is 4.62. The van der Waals surface area contributed by atoms with Crippen LogP contribution in [-0.4, -0.2) is 19.4 Å². The van der Waals surface area contributed by atoms with Crippen molar-refractivity contribution in [2.24, 2.45) is 17.8 Å². The summed E-state index contributed by atoms with van der Waals surface area (Å²) in [6, 6.07) is 0. The topological polar surface area (TPSA) is 43.4 Å². The van der Waals surface area contributed by atoms with E-state index in [9.17, 15) is 9.59 Å². The molecule has 0 saturated heterocycles. The van der Waals surface area contributed by atoms with Crippen molar-refractivity contribution >= 4 is 12.3 Å². The molecule has 0 bridgehead atoms. The summed E-state index contributed by atoms with van der Waals surface area (Å²) in [6.45, 7) is 2.00. The van der Waals surface area contributed by atoms with Crippen molar-refractivity contribution in [3.05, 3.63) is 0 Å². The van der Waals surface area contributed by atoms with Gasteiger partial charge in [0, 0.05) is 5.92 Å². The number of methoxy groups -OCH3 is 1. The molecule has 1 aliphatic carbocycles. The lowest BCUT2D eigenvalue weighted by Gasteiger charge is -2.04. The van der Waals surface area contributed by atoms with E-state index in [1.54, 1.807) is 0 Å². The van der Waals surface area contributed by atoms with Gasteiger partial charge in [0.1, 0.15) is 6.29 Å². The van der Waals surface area contributed by atoms with E-state index in [1.807, 2.05) is 6.92 Å². The molecule has 3 nitrogen and oxygen atoms in total. The summed E-state index contributed by atoms with van der Waals surface area (Å²) in [7, 11) is 1.39. The Morgan fingerprint density at radius 2 is 2.17 bits per heavy atom. The Labute approximate surface area is 72.1 Å². The van der Waals surface area contributed by atoms with Gasteiger partial charge >= 0.3 is 5.97 Å². The van der Waals surface area contributed by atoms with Crippen LogP contribution in [0.2, 0.25) is 0 Å². The SMILES string of the molecule is COC(=O)C1CC(C)C(C=O)C1. The van der Waals surface area contributed by atoms with Crippen molar-refractivity contribution in [3.63, 3.8) is 0 Å². The van der Waals surface area contributed by atoms with Gasteiger partial charge in [-0.1, -0.05) is 6.92 Å². The Hall–Kier alpha value is -0.860. The van der Waals surface area contributed by atoms with E-state index in [2.05, 4.69) is 4.74 Å². The van der Waals surface area contributed by atoms with E-state index in [1.165, 1.54) is 7.11 Å². The van der Waals surface area contributed by atoms with Gasteiger partial charge in [-0.3, -0.25) is 4.79 Å². The van der Waals surface area contributed by atoms with E-state index in [0.717, 1.165) is 12.7 Å². The zero-order chi connectivity index (χ0) is 9.14. The molecular weight excluding hydrogens is 156 g/mol. The lowest BCUT2D eigenvalue weighted by Crippen LogP contribution is -2.12. The first-order valence-corrected chi connectivity index (χ1v) is 4.22. The standard InChI is InChI=1S/C9H14O3/c1-6-3-7(9(11)12-2)4-8(6)5-10/h5-8H,3-4H2,1-2H3. The number of rotatable bonds is 2. The van der Waals surface area contributed by atoms with Gasteiger partial charge in [-0.15, -0.1) is 0 Å². The van der Waals surface area contributed by atoms with Crippen LogP contribution >= 0.6 is 0 Å². The maximum absolute atomic E-state index is 11.1. The maximum atomic E-state index is 11.1. The van der Waals surface area contributed by atoms with Crippen LogP contribution in [0.5, 0.6) is 0 Å². The normalized spacial score (nSPS) is 34.7. The molecule has 0 heterocycles. The molecule has 0 radical (unpaired) electrons. The second-order valence-electron chi connectivity index (χ2n) is 3.47. The Kier molecular flexibility index (Phi) is 2.84. The third-order valence-electron chi connectivity index (χ3n) is 2.65. The first-order valence-electron chi connectivity index (χ1n) is 4.22. The molecule has 0 aliphatic heterocycles. The Balaban J connectivity index is 2.53. The molecule has 0 spiro atoms. The highest BCUT2D eigenvalue weighted by Gasteiger charge is 2.35. The van der Waals surface area contributed by atoms with Gasteiger partial charge < -0.3 is 9.53 Å². The fourth-order valence-electron chi connectivity index (χ4n) is 1.83. The Morgan fingerprint density at radius 1 is 1.50 bits per heavy atom. The summed E-state index contributed by atoms with van der Waals surface area (Å²) in [5, 5.41) is 0. The van der Waals surface area contributed by atoms with Crippen LogP contribution in [0.1, 0.15) is 19.8 Å². The van der Waals surface area contributed by atoms with Crippen LogP contribution in [0.3, 0.4) is 0 Å². The van der Waals surface area contributed by atoms with Gasteiger partial charge in [-0.05, 0) is 18.8 Å². The molecule has 1 saturated carbocycles. The van der Waals surface area contributed by atoms with Gasteiger partial charge in [0.25, 0.3) is 0 Å². The smallest absolute Gasteiger partial charge is 0.308 e. The average Bonchev–Trinajstić information content (AvgIpc) is 2.45. The van der Waals surface area contributed by atoms with Crippen LogP contribution in [0.4, 0.5) is 0 Å². The van der Waals surface area contributed by atoms with Gasteiger partial charge in [0.15, 0.2) is 0 Å². The number of aldehydes is 1. The quantitative estimate of drug-likeness (QED) is 0.459. The average molecular weight is 170 g/mol. The summed E-state index contributed by atoms with van der Waals surface area (Å²) >= 11 is 0. The van der Waals surface area contributed by atoms with Gasteiger partial charge in [-0.25, -0.2) is 0 Å². The molecule has 12 heavy (non-hydrogen) atoms. The summed E-state index contributed by atoms with van der Waals surface area (Å²) in [5.74, 6) is 0.145. The minimum Gasteiger partial charge on any atom is -0.469 e. The minimum atomic E-state index is -0.175. The summed E-state index contributed by atoms with van der Waals surface area (Å²) in [5.41, 5.74) is 0. The van der Waals surface area contributed by atoms with Gasteiger partial charge in [0.2, 0.25) is 0 Å².